The number of rotatable bonds is 7. The third-order valence-corrected chi connectivity index (χ3v) is 3.97. The van der Waals surface area contributed by atoms with E-state index < -0.39 is 0 Å². The highest BCUT2D eigenvalue weighted by atomic mass is 16.2. The molecule has 1 saturated carbocycles. The van der Waals surface area contributed by atoms with Crippen molar-refractivity contribution in [2.24, 2.45) is 5.73 Å². The van der Waals surface area contributed by atoms with Gasteiger partial charge in [-0.2, -0.15) is 0 Å². The molecule has 110 valence electrons. The second kappa shape index (κ2) is 6.89. The predicted molar refractivity (Wildman–Crippen MR) is 82.3 cm³/mol. The molecular formula is C17H26N2O. The van der Waals surface area contributed by atoms with Crippen molar-refractivity contribution in [3.63, 3.8) is 0 Å². The summed E-state index contributed by atoms with van der Waals surface area (Å²) >= 11 is 0. The Labute approximate surface area is 122 Å². The zero-order valence-electron chi connectivity index (χ0n) is 12.6. The van der Waals surface area contributed by atoms with Gasteiger partial charge < -0.3 is 10.6 Å². The van der Waals surface area contributed by atoms with Crippen molar-refractivity contribution in [2.45, 2.75) is 64.6 Å². The highest BCUT2D eigenvalue weighted by Gasteiger charge is 2.34. The molecule has 0 heterocycles. The van der Waals surface area contributed by atoms with Gasteiger partial charge in [0.1, 0.15) is 0 Å². The molecule has 0 unspecified atom stereocenters. The van der Waals surface area contributed by atoms with E-state index in [2.05, 4.69) is 38.1 Å². The normalized spacial score (nSPS) is 15.9. The first-order chi connectivity index (χ1) is 9.65. The monoisotopic (exact) mass is 274 g/mol. The smallest absolute Gasteiger partial charge is 0.240 e. The van der Waals surface area contributed by atoms with E-state index in [0.29, 0.717) is 12.6 Å². The molecule has 1 aliphatic carbocycles. The lowest BCUT2D eigenvalue weighted by molar-refractivity contribution is -0.134. The Balaban J connectivity index is 2.03. The van der Waals surface area contributed by atoms with Crippen LogP contribution in [0.15, 0.2) is 24.3 Å². The summed E-state index contributed by atoms with van der Waals surface area (Å²) in [6.45, 7) is 4.92. The van der Waals surface area contributed by atoms with E-state index in [-0.39, 0.29) is 11.9 Å². The molecule has 20 heavy (non-hydrogen) atoms. The van der Waals surface area contributed by atoms with Crippen LogP contribution in [0.4, 0.5) is 0 Å². The van der Waals surface area contributed by atoms with Gasteiger partial charge in [0.15, 0.2) is 0 Å². The number of amides is 1. The Kier molecular flexibility index (Phi) is 5.18. The number of nitrogens with zero attached hydrogens (tertiary/aromatic N) is 1. The van der Waals surface area contributed by atoms with Crippen LogP contribution in [-0.2, 0) is 17.8 Å². The predicted octanol–water partition coefficient (Wildman–Crippen LogP) is 2.87. The Bertz CT molecular complexity index is 437. The number of hydrogen-bond donors (Lipinski definition) is 1. The maximum Gasteiger partial charge on any atom is 0.240 e. The molecule has 1 fully saturated rings. The van der Waals surface area contributed by atoms with Gasteiger partial charge in [-0.05, 0) is 36.8 Å². The minimum atomic E-state index is -0.337. The Morgan fingerprint density at radius 1 is 1.25 bits per heavy atom. The second-order valence-electron chi connectivity index (χ2n) is 5.76. The molecule has 3 heteroatoms. The van der Waals surface area contributed by atoms with Crippen LogP contribution in [0.5, 0.6) is 0 Å². The molecule has 0 aromatic heterocycles. The maximum atomic E-state index is 12.4. The quantitative estimate of drug-likeness (QED) is 0.831. The van der Waals surface area contributed by atoms with Crippen LogP contribution in [0.1, 0.15) is 50.7 Å². The van der Waals surface area contributed by atoms with Crippen LogP contribution < -0.4 is 5.73 Å². The van der Waals surface area contributed by atoms with E-state index in [4.69, 9.17) is 5.73 Å². The lowest BCUT2D eigenvalue weighted by Crippen LogP contribution is -2.44. The zero-order chi connectivity index (χ0) is 14.5. The van der Waals surface area contributed by atoms with Crippen LogP contribution in [0.2, 0.25) is 0 Å². The first-order valence-electron chi connectivity index (χ1n) is 7.79. The fraction of sp³-hybridized carbons (Fsp3) is 0.588. The number of nitrogens with two attached hydrogens (primary N) is 1. The minimum absolute atomic E-state index is 0.119. The van der Waals surface area contributed by atoms with Crippen molar-refractivity contribution >= 4 is 5.91 Å². The van der Waals surface area contributed by atoms with Crippen molar-refractivity contribution in [2.75, 3.05) is 0 Å². The molecule has 1 amide bonds. The second-order valence-corrected chi connectivity index (χ2v) is 5.76. The van der Waals surface area contributed by atoms with Crippen molar-refractivity contribution < 1.29 is 4.79 Å². The van der Waals surface area contributed by atoms with Crippen LogP contribution in [0.25, 0.3) is 0 Å². The van der Waals surface area contributed by atoms with E-state index in [1.165, 1.54) is 11.1 Å². The number of benzene rings is 1. The van der Waals surface area contributed by atoms with Crippen molar-refractivity contribution in [1.82, 2.24) is 4.90 Å². The van der Waals surface area contributed by atoms with Gasteiger partial charge in [0, 0.05) is 12.6 Å². The molecule has 0 radical (unpaired) electrons. The summed E-state index contributed by atoms with van der Waals surface area (Å²) in [5, 5.41) is 0. The number of carbonyl (C=O) groups is 1. The van der Waals surface area contributed by atoms with Crippen molar-refractivity contribution in [3.05, 3.63) is 35.4 Å². The molecule has 0 spiro atoms. The van der Waals surface area contributed by atoms with E-state index in [9.17, 15) is 4.79 Å². The number of carbonyl (C=O) groups excluding carboxylic acids is 1. The van der Waals surface area contributed by atoms with Gasteiger partial charge in [-0.15, -0.1) is 0 Å². The van der Waals surface area contributed by atoms with Gasteiger partial charge >= 0.3 is 0 Å². The summed E-state index contributed by atoms with van der Waals surface area (Å²) in [6, 6.07) is 8.64. The third-order valence-electron chi connectivity index (χ3n) is 3.97. The Hall–Kier alpha value is -1.35. The summed E-state index contributed by atoms with van der Waals surface area (Å²) in [4.78, 5) is 14.4. The molecule has 0 bridgehead atoms. The molecule has 3 nitrogen and oxygen atoms in total. The molecule has 1 aromatic rings. The SMILES string of the molecule is CCC[C@H](N)C(=O)N(Cc1ccc(CC)cc1)C1CC1. The van der Waals surface area contributed by atoms with E-state index in [0.717, 1.165) is 32.1 Å². The summed E-state index contributed by atoms with van der Waals surface area (Å²) in [5.74, 6) is 0.119. The van der Waals surface area contributed by atoms with Gasteiger partial charge in [-0.3, -0.25) is 4.79 Å². The average Bonchev–Trinajstić information content (AvgIpc) is 3.29. The summed E-state index contributed by atoms with van der Waals surface area (Å²) in [6.07, 6.45) is 5.02. The molecular weight excluding hydrogens is 248 g/mol. The van der Waals surface area contributed by atoms with Crippen LogP contribution in [0, 0.1) is 0 Å². The molecule has 2 rings (SSSR count). The van der Waals surface area contributed by atoms with Crippen LogP contribution in [0.3, 0.4) is 0 Å². The van der Waals surface area contributed by atoms with Gasteiger partial charge in [0.25, 0.3) is 0 Å². The topological polar surface area (TPSA) is 46.3 Å². The van der Waals surface area contributed by atoms with Crippen LogP contribution in [-0.4, -0.2) is 22.9 Å². The molecule has 2 N–H and O–H groups in total. The first kappa shape index (κ1) is 15.0. The van der Waals surface area contributed by atoms with Gasteiger partial charge in [0.2, 0.25) is 5.91 Å². The Morgan fingerprint density at radius 2 is 1.85 bits per heavy atom. The molecule has 1 aromatic carbocycles. The lowest BCUT2D eigenvalue weighted by atomic mass is 10.1. The molecule has 1 atom stereocenters. The lowest BCUT2D eigenvalue weighted by Gasteiger charge is -2.25. The minimum Gasteiger partial charge on any atom is -0.334 e. The molecule has 0 saturated heterocycles. The van der Waals surface area contributed by atoms with E-state index in [1.54, 1.807) is 0 Å². The fourth-order valence-corrected chi connectivity index (χ4v) is 2.50. The standard InChI is InChI=1S/C17H26N2O/c1-3-5-16(18)17(20)19(15-10-11-15)12-14-8-6-13(4-2)7-9-14/h6-9,15-16H,3-5,10-12,18H2,1-2H3/t16-/m0/s1. The van der Waals surface area contributed by atoms with Crippen molar-refractivity contribution in [1.29, 1.82) is 0 Å². The summed E-state index contributed by atoms with van der Waals surface area (Å²) < 4.78 is 0. The Morgan fingerprint density at radius 3 is 2.35 bits per heavy atom. The molecule has 0 aliphatic heterocycles. The van der Waals surface area contributed by atoms with E-state index in [1.807, 2.05) is 4.90 Å². The van der Waals surface area contributed by atoms with Crippen LogP contribution >= 0.6 is 0 Å². The maximum absolute atomic E-state index is 12.4. The highest BCUT2D eigenvalue weighted by molar-refractivity contribution is 5.82. The zero-order valence-corrected chi connectivity index (χ0v) is 12.6. The van der Waals surface area contributed by atoms with Gasteiger partial charge in [0.05, 0.1) is 6.04 Å². The highest BCUT2D eigenvalue weighted by Crippen LogP contribution is 2.29. The third kappa shape index (κ3) is 3.83. The fourth-order valence-electron chi connectivity index (χ4n) is 2.50. The van der Waals surface area contributed by atoms with Gasteiger partial charge in [-0.25, -0.2) is 0 Å². The number of aryl methyl sites for hydroxylation is 1. The van der Waals surface area contributed by atoms with Crippen molar-refractivity contribution in [3.8, 4) is 0 Å². The first-order valence-corrected chi connectivity index (χ1v) is 7.79. The molecule has 1 aliphatic rings. The summed E-state index contributed by atoms with van der Waals surface area (Å²) in [5.41, 5.74) is 8.54. The largest absolute Gasteiger partial charge is 0.334 e. The van der Waals surface area contributed by atoms with E-state index >= 15 is 0 Å². The summed E-state index contributed by atoms with van der Waals surface area (Å²) in [7, 11) is 0. The number of hydrogen-bond acceptors (Lipinski definition) is 2. The average molecular weight is 274 g/mol. The van der Waals surface area contributed by atoms with Gasteiger partial charge in [-0.1, -0.05) is 44.5 Å².